The fourth-order valence-corrected chi connectivity index (χ4v) is 5.33. The Morgan fingerprint density at radius 1 is 1.00 bits per heavy atom. The predicted molar refractivity (Wildman–Crippen MR) is 166 cm³/mol. The lowest BCUT2D eigenvalue weighted by molar-refractivity contribution is 0.0959. The van der Waals surface area contributed by atoms with Crippen molar-refractivity contribution in [1.29, 1.82) is 0 Å². The molecule has 0 spiro atoms. The van der Waals surface area contributed by atoms with Crippen molar-refractivity contribution in [2.24, 2.45) is 0 Å². The van der Waals surface area contributed by atoms with Gasteiger partial charge in [0.25, 0.3) is 5.91 Å². The molecular weight excluding hydrogens is 587 g/mol. The second-order valence-electron chi connectivity index (χ2n) is 10.3. The van der Waals surface area contributed by atoms with Crippen LogP contribution in [0.3, 0.4) is 0 Å². The minimum atomic E-state index is -3.36. The van der Waals surface area contributed by atoms with Gasteiger partial charge in [-0.05, 0) is 60.2 Å². The van der Waals surface area contributed by atoms with Crippen molar-refractivity contribution in [1.82, 2.24) is 15.2 Å². The molecule has 1 aliphatic heterocycles. The Bertz CT molecular complexity index is 1730. The number of hydrogen-bond acceptors (Lipinski definition) is 7. The molecule has 3 amide bonds. The summed E-state index contributed by atoms with van der Waals surface area (Å²) >= 11 is 0. The number of ether oxygens (including phenoxy) is 1. The lowest BCUT2D eigenvalue weighted by Gasteiger charge is -2.45. The topological polar surface area (TPSA) is 133 Å². The monoisotopic (exact) mass is 618 g/mol. The number of carbonyl (C=O) groups is 2. The molecule has 0 radical (unpaired) electrons. The van der Waals surface area contributed by atoms with Crippen LogP contribution in [0.4, 0.5) is 26.2 Å². The number of pyridine rings is 1. The highest BCUT2D eigenvalue weighted by Crippen LogP contribution is 2.27. The number of para-hydroxylation sites is 1. The van der Waals surface area contributed by atoms with Gasteiger partial charge >= 0.3 is 6.03 Å². The van der Waals surface area contributed by atoms with Crippen LogP contribution >= 0.6 is 0 Å². The van der Waals surface area contributed by atoms with Crippen LogP contribution in [0.2, 0.25) is 0 Å². The second kappa shape index (κ2) is 13.1. The number of nitrogens with zero attached hydrogens (tertiary/aromatic N) is 3. The van der Waals surface area contributed by atoms with Crippen LogP contribution in [0.25, 0.3) is 0 Å². The van der Waals surface area contributed by atoms with Crippen LogP contribution in [-0.2, 0) is 16.6 Å². The summed E-state index contributed by atoms with van der Waals surface area (Å²) in [5, 5.41) is 5.20. The molecule has 1 aliphatic rings. The van der Waals surface area contributed by atoms with Crippen molar-refractivity contribution < 1.29 is 27.1 Å². The van der Waals surface area contributed by atoms with E-state index in [4.69, 9.17) is 4.74 Å². The molecule has 2 heterocycles. The maximum atomic E-state index is 14.1. The van der Waals surface area contributed by atoms with Gasteiger partial charge in [-0.15, -0.1) is 0 Å². The third-order valence-electron chi connectivity index (χ3n) is 6.83. The first-order valence-electron chi connectivity index (χ1n) is 13.7. The lowest BCUT2D eigenvalue weighted by Crippen LogP contribution is -2.61. The Hall–Kier alpha value is -5.01. The number of sulfonamides is 1. The highest BCUT2D eigenvalue weighted by atomic mass is 32.2. The van der Waals surface area contributed by atoms with E-state index in [0.717, 1.165) is 17.9 Å². The lowest BCUT2D eigenvalue weighted by atomic mass is 10.0. The van der Waals surface area contributed by atoms with Gasteiger partial charge in [0.15, 0.2) is 0 Å². The van der Waals surface area contributed by atoms with Gasteiger partial charge in [0, 0.05) is 56.0 Å². The van der Waals surface area contributed by atoms with E-state index in [1.165, 1.54) is 19.2 Å². The van der Waals surface area contributed by atoms with Gasteiger partial charge in [0.1, 0.15) is 11.6 Å². The SMILES string of the molecule is CNC(=O)c1cc(NC(=O)N(c2ccccc2)C2CN(Cc3ccc(Oc4ccc(NS(C)(=O)=O)cc4)nc3)C2)ccc1F. The zero-order valence-electron chi connectivity index (χ0n) is 24.0. The normalized spacial score (nSPS) is 13.4. The maximum Gasteiger partial charge on any atom is 0.326 e. The van der Waals surface area contributed by atoms with Crippen molar-refractivity contribution in [2.45, 2.75) is 12.6 Å². The fourth-order valence-electron chi connectivity index (χ4n) is 4.76. The van der Waals surface area contributed by atoms with Crippen molar-refractivity contribution in [3.63, 3.8) is 0 Å². The number of rotatable bonds is 10. The van der Waals surface area contributed by atoms with E-state index in [2.05, 4.69) is 25.2 Å². The zero-order valence-corrected chi connectivity index (χ0v) is 24.8. The van der Waals surface area contributed by atoms with E-state index in [1.807, 2.05) is 36.4 Å². The molecule has 1 fully saturated rings. The molecule has 0 unspecified atom stereocenters. The van der Waals surface area contributed by atoms with E-state index in [1.54, 1.807) is 41.4 Å². The van der Waals surface area contributed by atoms with Crippen LogP contribution in [0.15, 0.2) is 91.1 Å². The van der Waals surface area contributed by atoms with Gasteiger partial charge in [-0.1, -0.05) is 24.3 Å². The first-order valence-corrected chi connectivity index (χ1v) is 15.6. The molecule has 11 nitrogen and oxygen atoms in total. The third kappa shape index (κ3) is 7.68. The van der Waals surface area contributed by atoms with Crippen LogP contribution in [-0.4, -0.2) is 62.7 Å². The van der Waals surface area contributed by atoms with Gasteiger partial charge in [-0.3, -0.25) is 19.3 Å². The standard InChI is InChI=1S/C31H31FN6O5S/c1-33-30(39)27-16-23(11-14-28(27)32)35-31(40)38(24-6-4-3-5-7-24)25-19-37(20-25)18-21-8-15-29(34-17-21)43-26-12-9-22(10-13-26)36-44(2,41)42/h3-17,25,36H,18-20H2,1-2H3,(H,33,39)(H,35,40). The molecule has 44 heavy (non-hydrogen) atoms. The average Bonchev–Trinajstić information content (AvgIpc) is 2.98. The van der Waals surface area contributed by atoms with Gasteiger partial charge in [-0.2, -0.15) is 0 Å². The maximum absolute atomic E-state index is 14.1. The number of benzene rings is 3. The summed E-state index contributed by atoms with van der Waals surface area (Å²) in [5.41, 5.74) is 2.27. The van der Waals surface area contributed by atoms with E-state index < -0.39 is 27.8 Å². The Labute approximate surface area is 254 Å². The van der Waals surface area contributed by atoms with Gasteiger partial charge < -0.3 is 15.4 Å². The number of amides is 3. The molecule has 0 atom stereocenters. The van der Waals surface area contributed by atoms with Crippen LogP contribution in [0.5, 0.6) is 11.6 Å². The van der Waals surface area contributed by atoms with Crippen LogP contribution in [0.1, 0.15) is 15.9 Å². The smallest absolute Gasteiger partial charge is 0.326 e. The van der Waals surface area contributed by atoms with Gasteiger partial charge in [-0.25, -0.2) is 22.6 Å². The number of urea groups is 1. The molecule has 0 saturated carbocycles. The summed E-state index contributed by atoms with van der Waals surface area (Å²) in [4.78, 5) is 33.7. The molecule has 1 aromatic heterocycles. The van der Waals surface area contributed by atoms with Crippen LogP contribution in [0, 0.1) is 5.82 Å². The summed E-state index contributed by atoms with van der Waals surface area (Å²) in [5.74, 6) is -0.351. The van der Waals surface area contributed by atoms with E-state index in [9.17, 15) is 22.4 Å². The summed E-state index contributed by atoms with van der Waals surface area (Å²) in [6.45, 7) is 1.84. The highest BCUT2D eigenvalue weighted by molar-refractivity contribution is 7.92. The quantitative estimate of drug-likeness (QED) is 0.235. The minimum absolute atomic E-state index is 0.119. The number of nitrogens with one attached hydrogen (secondary N) is 3. The van der Waals surface area contributed by atoms with Gasteiger partial charge in [0.2, 0.25) is 15.9 Å². The third-order valence-corrected chi connectivity index (χ3v) is 7.44. The Morgan fingerprint density at radius 3 is 2.34 bits per heavy atom. The number of anilines is 3. The summed E-state index contributed by atoms with van der Waals surface area (Å²) in [6, 6.07) is 22.8. The number of hydrogen-bond donors (Lipinski definition) is 3. The highest BCUT2D eigenvalue weighted by Gasteiger charge is 2.35. The second-order valence-corrected chi connectivity index (χ2v) is 12.0. The zero-order chi connectivity index (χ0) is 31.3. The summed E-state index contributed by atoms with van der Waals surface area (Å²) in [6.07, 6.45) is 2.81. The Morgan fingerprint density at radius 2 is 1.70 bits per heavy atom. The Kier molecular flexibility index (Phi) is 9.07. The molecule has 228 valence electrons. The molecule has 4 aromatic rings. The molecule has 0 aliphatic carbocycles. The fraction of sp³-hybridized carbons (Fsp3) is 0.194. The first-order chi connectivity index (χ1) is 21.1. The number of halogens is 1. The van der Waals surface area contributed by atoms with Crippen molar-refractivity contribution in [2.75, 3.05) is 41.3 Å². The first kappa shape index (κ1) is 30.4. The van der Waals surface area contributed by atoms with E-state index in [0.29, 0.717) is 48.3 Å². The molecule has 13 heteroatoms. The average molecular weight is 619 g/mol. The summed E-state index contributed by atoms with van der Waals surface area (Å²) < 4.78 is 45.1. The molecular formula is C31H31FN6O5S. The predicted octanol–water partition coefficient (Wildman–Crippen LogP) is 4.67. The van der Waals surface area contributed by atoms with Crippen molar-refractivity contribution in [3.05, 3.63) is 108 Å². The molecule has 0 bridgehead atoms. The van der Waals surface area contributed by atoms with Crippen molar-refractivity contribution in [3.8, 4) is 11.6 Å². The van der Waals surface area contributed by atoms with E-state index in [-0.39, 0.29) is 11.6 Å². The van der Waals surface area contributed by atoms with E-state index >= 15 is 0 Å². The number of likely N-dealkylation sites (tertiary alicyclic amines) is 1. The molecule has 1 saturated heterocycles. The number of aromatic nitrogens is 1. The number of carbonyl (C=O) groups excluding carboxylic acids is 2. The Balaban J connectivity index is 1.19. The molecule has 3 aromatic carbocycles. The minimum Gasteiger partial charge on any atom is -0.439 e. The van der Waals surface area contributed by atoms with Crippen LogP contribution < -0.4 is 25.0 Å². The molecule has 3 N–H and O–H groups in total. The largest absolute Gasteiger partial charge is 0.439 e. The summed E-state index contributed by atoms with van der Waals surface area (Å²) in [7, 11) is -1.95. The van der Waals surface area contributed by atoms with Crippen molar-refractivity contribution >= 4 is 39.0 Å². The van der Waals surface area contributed by atoms with Gasteiger partial charge in [0.05, 0.1) is 17.9 Å². The molecule has 5 rings (SSSR count).